The Kier molecular flexibility index (Phi) is 7.60. The summed E-state index contributed by atoms with van der Waals surface area (Å²) >= 11 is 0. The molecule has 2 aromatic heterocycles. The van der Waals surface area contributed by atoms with E-state index < -0.39 is 15.6 Å². The summed E-state index contributed by atoms with van der Waals surface area (Å²) < 4.78 is 41.6. The number of ether oxygens (including phenoxy) is 2. The zero-order valence-electron chi connectivity index (χ0n) is 26.1. The minimum absolute atomic E-state index is 0.0149. The number of hydrogen-bond donors (Lipinski definition) is 1. The Morgan fingerprint density at radius 3 is 2.16 bits per heavy atom. The lowest BCUT2D eigenvalue weighted by atomic mass is 10.0. The van der Waals surface area contributed by atoms with E-state index in [2.05, 4.69) is 52.4 Å². The van der Waals surface area contributed by atoms with Crippen LogP contribution in [0.2, 0.25) is 0 Å². The summed E-state index contributed by atoms with van der Waals surface area (Å²) in [6.07, 6.45) is 2.39. The van der Waals surface area contributed by atoms with Gasteiger partial charge in [0.15, 0.2) is 0 Å². The number of aryl methyl sites for hydroxylation is 1. The number of nitrogens with one attached hydrogen (secondary N) is 1. The quantitative estimate of drug-likeness (QED) is 0.392. The molecule has 43 heavy (non-hydrogen) atoms. The SMILES string of the molecule is Cn1cc(S(=O)(=O)Nc2nc(Oc3ccc(N4CCN(C(=O)OC(C)(C)C)CC4)cc3)cc(C3C(C)(C)C3(C)C)n2)cn1. The fourth-order valence-electron chi connectivity index (χ4n) is 5.66. The molecule has 0 radical (unpaired) electrons. The molecule has 3 heterocycles. The number of sulfonamides is 1. The van der Waals surface area contributed by atoms with Crippen LogP contribution in [0.5, 0.6) is 11.6 Å². The minimum Gasteiger partial charge on any atom is -0.444 e. The van der Waals surface area contributed by atoms with Gasteiger partial charge in [-0.05, 0) is 55.9 Å². The molecule has 1 amide bonds. The summed E-state index contributed by atoms with van der Waals surface area (Å²) in [5, 5.41) is 3.96. The number of anilines is 2. The topological polar surface area (TPSA) is 132 Å². The largest absolute Gasteiger partial charge is 0.444 e. The van der Waals surface area contributed by atoms with E-state index in [1.165, 1.54) is 17.1 Å². The van der Waals surface area contributed by atoms with Gasteiger partial charge >= 0.3 is 6.09 Å². The number of hydrogen-bond acceptors (Lipinski definition) is 9. The Morgan fingerprint density at radius 1 is 1.00 bits per heavy atom. The Labute approximate surface area is 253 Å². The third-order valence-electron chi connectivity index (χ3n) is 8.61. The van der Waals surface area contributed by atoms with E-state index in [0.717, 1.165) is 5.69 Å². The fourth-order valence-corrected chi connectivity index (χ4v) is 6.59. The molecule has 12 nitrogen and oxygen atoms in total. The number of carbonyl (C=O) groups is 1. The van der Waals surface area contributed by atoms with Gasteiger partial charge in [0.2, 0.25) is 11.8 Å². The summed E-state index contributed by atoms with van der Waals surface area (Å²) in [5.74, 6) is 0.824. The van der Waals surface area contributed by atoms with Crippen LogP contribution < -0.4 is 14.4 Å². The molecule has 0 unspecified atom stereocenters. The zero-order valence-corrected chi connectivity index (χ0v) is 26.9. The van der Waals surface area contributed by atoms with Crippen LogP contribution in [-0.2, 0) is 21.8 Å². The van der Waals surface area contributed by atoms with Gasteiger partial charge in [-0.2, -0.15) is 10.1 Å². The van der Waals surface area contributed by atoms with Gasteiger partial charge in [0.05, 0.1) is 11.9 Å². The van der Waals surface area contributed by atoms with Crippen molar-refractivity contribution >= 4 is 27.8 Å². The van der Waals surface area contributed by atoms with Crippen LogP contribution in [0.1, 0.15) is 60.1 Å². The lowest BCUT2D eigenvalue weighted by Gasteiger charge is -2.36. The van der Waals surface area contributed by atoms with E-state index in [9.17, 15) is 13.2 Å². The van der Waals surface area contributed by atoms with Crippen molar-refractivity contribution in [3.05, 3.63) is 48.4 Å². The van der Waals surface area contributed by atoms with Crippen LogP contribution in [0.15, 0.2) is 47.6 Å². The highest BCUT2D eigenvalue weighted by Crippen LogP contribution is 2.73. The van der Waals surface area contributed by atoms with Crippen molar-refractivity contribution in [2.75, 3.05) is 35.8 Å². The smallest absolute Gasteiger partial charge is 0.410 e. The maximum atomic E-state index is 13.0. The van der Waals surface area contributed by atoms with Gasteiger partial charge in [-0.15, -0.1) is 0 Å². The van der Waals surface area contributed by atoms with Crippen molar-refractivity contribution in [3.8, 4) is 11.6 Å². The second kappa shape index (κ2) is 10.7. The first-order chi connectivity index (χ1) is 20.0. The Morgan fingerprint density at radius 2 is 1.63 bits per heavy atom. The summed E-state index contributed by atoms with van der Waals surface area (Å²) in [6.45, 7) is 16.8. The first-order valence-corrected chi connectivity index (χ1v) is 15.9. The summed E-state index contributed by atoms with van der Waals surface area (Å²) in [5.41, 5.74) is 1.12. The molecular formula is C30H41N7O5S. The second-order valence-corrected chi connectivity index (χ2v) is 15.0. The van der Waals surface area contributed by atoms with E-state index in [1.807, 2.05) is 45.0 Å². The molecule has 5 rings (SSSR count). The number of benzene rings is 1. The number of rotatable bonds is 7. The van der Waals surface area contributed by atoms with E-state index in [1.54, 1.807) is 18.0 Å². The number of aromatic nitrogens is 4. The number of nitrogens with zero attached hydrogens (tertiary/aromatic N) is 6. The molecule has 232 valence electrons. The standard InChI is InChI=1S/C30H41N7O5S/c1-28(2,3)42-27(38)37-15-13-36(14-16-37)20-9-11-21(12-10-20)41-24-17-23(25-29(4,5)30(25,6)7)32-26(33-24)34-43(39,40)22-18-31-35(8)19-22/h9-12,17-19,25H,13-16H2,1-8H3,(H,32,33,34). The van der Waals surface area contributed by atoms with Crippen LogP contribution in [0.3, 0.4) is 0 Å². The number of carbonyl (C=O) groups excluding carboxylic acids is 1. The molecule has 2 aliphatic rings. The summed E-state index contributed by atoms with van der Waals surface area (Å²) in [7, 11) is -2.30. The lowest BCUT2D eigenvalue weighted by molar-refractivity contribution is 0.0240. The monoisotopic (exact) mass is 611 g/mol. The predicted octanol–water partition coefficient (Wildman–Crippen LogP) is 5.01. The van der Waals surface area contributed by atoms with Gasteiger partial charge in [0, 0.05) is 57.1 Å². The first-order valence-electron chi connectivity index (χ1n) is 14.4. The molecule has 3 aromatic rings. The van der Waals surface area contributed by atoms with E-state index >= 15 is 0 Å². The van der Waals surface area contributed by atoms with Gasteiger partial charge in [-0.3, -0.25) is 4.68 Å². The minimum atomic E-state index is -3.95. The molecule has 1 saturated carbocycles. The molecule has 1 N–H and O–H groups in total. The summed E-state index contributed by atoms with van der Waals surface area (Å²) in [6, 6.07) is 9.40. The van der Waals surface area contributed by atoms with Gasteiger partial charge < -0.3 is 19.3 Å². The highest BCUT2D eigenvalue weighted by Gasteiger charge is 2.66. The third-order valence-corrected chi connectivity index (χ3v) is 9.89. The normalized spacial score (nSPS) is 18.3. The van der Waals surface area contributed by atoms with Gasteiger partial charge in [-0.25, -0.2) is 22.9 Å². The van der Waals surface area contributed by atoms with Crippen molar-refractivity contribution in [1.29, 1.82) is 0 Å². The second-order valence-electron chi connectivity index (χ2n) is 13.3. The van der Waals surface area contributed by atoms with Gasteiger partial charge in [0.1, 0.15) is 16.2 Å². The molecule has 1 aromatic carbocycles. The maximum absolute atomic E-state index is 13.0. The van der Waals surface area contributed by atoms with Gasteiger partial charge in [-0.1, -0.05) is 27.7 Å². The first kappa shape index (κ1) is 30.6. The van der Waals surface area contributed by atoms with Crippen molar-refractivity contribution in [3.63, 3.8) is 0 Å². The molecule has 1 aliphatic carbocycles. The fraction of sp³-hybridized carbons (Fsp3) is 0.533. The van der Waals surface area contributed by atoms with Crippen LogP contribution >= 0.6 is 0 Å². The average Bonchev–Trinajstić information content (AvgIpc) is 3.16. The van der Waals surface area contributed by atoms with Crippen molar-refractivity contribution in [2.24, 2.45) is 17.9 Å². The highest BCUT2D eigenvalue weighted by atomic mass is 32.2. The molecule has 0 atom stereocenters. The number of piperazine rings is 1. The summed E-state index contributed by atoms with van der Waals surface area (Å²) in [4.78, 5) is 25.4. The molecule has 13 heteroatoms. The van der Waals surface area contributed by atoms with Crippen molar-refractivity contribution < 1.29 is 22.7 Å². The zero-order chi connectivity index (χ0) is 31.4. The average molecular weight is 612 g/mol. The third kappa shape index (κ3) is 6.41. The Hall–Kier alpha value is -3.87. The van der Waals surface area contributed by atoms with Crippen LogP contribution in [-0.4, -0.2) is 70.9 Å². The van der Waals surface area contributed by atoms with E-state index in [0.29, 0.717) is 37.6 Å². The molecule has 2 fully saturated rings. The van der Waals surface area contributed by atoms with Crippen LogP contribution in [0.4, 0.5) is 16.4 Å². The van der Waals surface area contributed by atoms with Gasteiger partial charge in [0.25, 0.3) is 10.0 Å². The van der Waals surface area contributed by atoms with Crippen LogP contribution in [0.25, 0.3) is 0 Å². The molecular weight excluding hydrogens is 570 g/mol. The van der Waals surface area contributed by atoms with Crippen molar-refractivity contribution in [2.45, 2.75) is 64.9 Å². The maximum Gasteiger partial charge on any atom is 0.410 e. The molecule has 1 aliphatic heterocycles. The Balaban J connectivity index is 1.32. The molecule has 0 spiro atoms. The van der Waals surface area contributed by atoms with Crippen LogP contribution in [0, 0.1) is 10.8 Å². The van der Waals surface area contributed by atoms with E-state index in [4.69, 9.17) is 9.47 Å². The Bertz CT molecular complexity index is 1590. The lowest BCUT2D eigenvalue weighted by Crippen LogP contribution is -2.50. The number of amides is 1. The highest BCUT2D eigenvalue weighted by molar-refractivity contribution is 7.92. The van der Waals surface area contributed by atoms with Crippen molar-refractivity contribution in [1.82, 2.24) is 24.6 Å². The molecule has 0 bridgehead atoms. The predicted molar refractivity (Wildman–Crippen MR) is 163 cm³/mol. The van der Waals surface area contributed by atoms with E-state index in [-0.39, 0.29) is 39.6 Å². The molecule has 1 saturated heterocycles.